The van der Waals surface area contributed by atoms with Crippen molar-refractivity contribution >= 4 is 54.1 Å². The summed E-state index contributed by atoms with van der Waals surface area (Å²) in [6.07, 6.45) is 0. The maximum absolute atomic E-state index is 2.44. The van der Waals surface area contributed by atoms with Crippen molar-refractivity contribution in [2.75, 3.05) is 0 Å². The van der Waals surface area contributed by atoms with Crippen molar-refractivity contribution < 1.29 is 0 Å². The molecule has 0 fully saturated rings. The maximum Gasteiger partial charge on any atom is 0.0547 e. The molecule has 0 spiro atoms. The smallest absolute Gasteiger partial charge is 0.0547 e. The summed E-state index contributed by atoms with van der Waals surface area (Å²) >= 11 is 0. The summed E-state index contributed by atoms with van der Waals surface area (Å²) in [4.78, 5) is 0. The number of benzene rings is 8. The van der Waals surface area contributed by atoms with Gasteiger partial charge in [-0.15, -0.1) is 0 Å². The van der Waals surface area contributed by atoms with Crippen molar-refractivity contribution in [2.24, 2.45) is 0 Å². The van der Waals surface area contributed by atoms with E-state index in [1.807, 2.05) is 0 Å². The van der Waals surface area contributed by atoms with Crippen LogP contribution in [-0.4, -0.2) is 4.57 Å². The van der Waals surface area contributed by atoms with Crippen molar-refractivity contribution in [1.82, 2.24) is 4.57 Å². The van der Waals surface area contributed by atoms with Crippen LogP contribution < -0.4 is 0 Å². The fourth-order valence-electron chi connectivity index (χ4n) is 7.79. The second-order valence-electron chi connectivity index (χ2n) is 13.9. The molecule has 0 aliphatic heterocycles. The topological polar surface area (TPSA) is 4.93 Å². The third kappa shape index (κ3) is 3.50. The molecule has 9 aromatic rings. The van der Waals surface area contributed by atoms with E-state index >= 15 is 0 Å². The molecule has 0 atom stereocenters. The van der Waals surface area contributed by atoms with Crippen LogP contribution >= 0.6 is 0 Å². The lowest BCUT2D eigenvalue weighted by molar-refractivity contribution is 0.590. The highest BCUT2D eigenvalue weighted by Gasteiger charge is 2.24. The Morgan fingerprint density at radius 2 is 0.889 bits per heavy atom. The van der Waals surface area contributed by atoms with Crippen molar-refractivity contribution in [1.29, 1.82) is 0 Å². The van der Waals surface area contributed by atoms with Crippen LogP contribution in [0.5, 0.6) is 0 Å². The van der Waals surface area contributed by atoms with Gasteiger partial charge in [0, 0.05) is 16.5 Å². The van der Waals surface area contributed by atoms with E-state index in [4.69, 9.17) is 0 Å². The number of fused-ring (bicyclic) bond motifs is 6. The molecule has 1 heterocycles. The van der Waals surface area contributed by atoms with Gasteiger partial charge in [0.2, 0.25) is 0 Å². The Kier molecular flexibility index (Phi) is 4.78. The summed E-state index contributed by atoms with van der Waals surface area (Å²) in [5, 5.41) is 10.5. The van der Waals surface area contributed by atoms with Gasteiger partial charge in [-0.2, -0.15) is 0 Å². The second-order valence-corrected chi connectivity index (χ2v) is 13.9. The first-order valence-electron chi connectivity index (χ1n) is 15.9. The highest BCUT2D eigenvalue weighted by molar-refractivity contribution is 6.24. The quantitative estimate of drug-likeness (QED) is 0.181. The summed E-state index contributed by atoms with van der Waals surface area (Å²) < 4.78 is 2.44. The Hall–Kier alpha value is -5.40. The fraction of sp³-hybridized carbons (Fsp3) is 0.0909. The highest BCUT2D eigenvalue weighted by atomic mass is 15.0. The Bertz CT molecular complexity index is 2590. The van der Waals surface area contributed by atoms with Crippen LogP contribution in [0.15, 0.2) is 133 Å². The summed E-state index contributed by atoms with van der Waals surface area (Å²) in [5.41, 5.74) is 13.2. The van der Waals surface area contributed by atoms with Crippen LogP contribution in [-0.2, 0) is 5.41 Å². The van der Waals surface area contributed by atoms with Gasteiger partial charge in [0.25, 0.3) is 0 Å². The van der Waals surface area contributed by atoms with Gasteiger partial charge in [-0.25, -0.2) is 0 Å². The lowest BCUT2D eigenvalue weighted by Crippen LogP contribution is -2.10. The molecule has 1 nitrogen and oxygen atoms in total. The van der Waals surface area contributed by atoms with E-state index in [-0.39, 0.29) is 5.41 Å². The molecule has 212 valence electrons. The van der Waals surface area contributed by atoms with Gasteiger partial charge in [-0.05, 0) is 131 Å². The molecule has 0 N–H and O–H groups in total. The van der Waals surface area contributed by atoms with E-state index < -0.39 is 0 Å². The largest absolute Gasteiger partial charge is 0.309 e. The standard InChI is InChI=1S/C44H31N/c1-44(2,3)34-17-14-26(15-18-34)29-12-13-30-22-36-38(24-32(30)20-29)37-23-31-16-19-35(21-33(31)25-39(36)37)45-40-8-4-6-27-10-11-28-7-5-9-41(45)43(28)42(27)40/h4-25H,1-3H3. The number of aromatic nitrogens is 1. The van der Waals surface area contributed by atoms with Crippen molar-refractivity contribution in [3.63, 3.8) is 0 Å². The first-order chi connectivity index (χ1) is 21.9. The zero-order valence-electron chi connectivity index (χ0n) is 25.6. The maximum atomic E-state index is 2.44. The molecule has 1 aliphatic rings. The molecule has 0 saturated heterocycles. The molecule has 8 aromatic carbocycles. The summed E-state index contributed by atoms with van der Waals surface area (Å²) in [7, 11) is 0. The third-order valence-electron chi connectivity index (χ3n) is 10.2. The first kappa shape index (κ1) is 25.0. The van der Waals surface area contributed by atoms with E-state index in [0.29, 0.717) is 0 Å². The van der Waals surface area contributed by atoms with E-state index in [1.165, 1.54) is 98.8 Å². The monoisotopic (exact) mass is 573 g/mol. The van der Waals surface area contributed by atoms with Crippen LogP contribution in [0.2, 0.25) is 0 Å². The molecule has 0 saturated carbocycles. The second kappa shape index (κ2) is 8.61. The molecule has 0 bridgehead atoms. The predicted octanol–water partition coefficient (Wildman–Crippen LogP) is 12.3. The lowest BCUT2D eigenvalue weighted by atomic mass is 9.77. The molecule has 45 heavy (non-hydrogen) atoms. The Morgan fingerprint density at radius 3 is 1.47 bits per heavy atom. The van der Waals surface area contributed by atoms with E-state index in [0.717, 1.165) is 0 Å². The van der Waals surface area contributed by atoms with Crippen LogP contribution in [0.25, 0.3) is 93.2 Å². The third-order valence-corrected chi connectivity index (χ3v) is 10.2. The zero-order chi connectivity index (χ0) is 30.0. The van der Waals surface area contributed by atoms with Crippen molar-refractivity contribution in [3.05, 3.63) is 139 Å². The predicted molar refractivity (Wildman–Crippen MR) is 193 cm³/mol. The highest BCUT2D eigenvalue weighted by Crippen LogP contribution is 2.51. The zero-order valence-corrected chi connectivity index (χ0v) is 25.6. The molecule has 1 aliphatic carbocycles. The molecule has 0 amide bonds. The van der Waals surface area contributed by atoms with Gasteiger partial charge in [-0.3, -0.25) is 0 Å². The fourth-order valence-corrected chi connectivity index (χ4v) is 7.79. The number of hydrogen-bond acceptors (Lipinski definition) is 0. The number of hydrogen-bond donors (Lipinski definition) is 0. The summed E-state index contributed by atoms with van der Waals surface area (Å²) in [6, 6.07) is 50.3. The average Bonchev–Trinajstić information content (AvgIpc) is 3.41. The minimum atomic E-state index is 0.159. The molecule has 1 aromatic heterocycles. The van der Waals surface area contributed by atoms with E-state index in [9.17, 15) is 0 Å². The summed E-state index contributed by atoms with van der Waals surface area (Å²) in [5.74, 6) is 0. The molecule has 1 heteroatoms. The van der Waals surface area contributed by atoms with Gasteiger partial charge in [0.1, 0.15) is 0 Å². The Balaban J connectivity index is 1.07. The van der Waals surface area contributed by atoms with Gasteiger partial charge in [0.15, 0.2) is 0 Å². The average molecular weight is 574 g/mol. The Labute approximate surface area is 262 Å². The lowest BCUT2D eigenvalue weighted by Gasteiger charge is -2.26. The van der Waals surface area contributed by atoms with Crippen LogP contribution in [0.3, 0.4) is 0 Å². The van der Waals surface area contributed by atoms with Crippen LogP contribution in [0, 0.1) is 0 Å². The Morgan fingerprint density at radius 1 is 0.400 bits per heavy atom. The van der Waals surface area contributed by atoms with Gasteiger partial charge in [-0.1, -0.05) is 99.6 Å². The number of nitrogens with zero attached hydrogens (tertiary/aromatic N) is 1. The molecule has 0 unspecified atom stereocenters. The normalized spacial score (nSPS) is 12.8. The van der Waals surface area contributed by atoms with Gasteiger partial charge >= 0.3 is 0 Å². The number of rotatable bonds is 2. The molecular weight excluding hydrogens is 542 g/mol. The molecule has 0 radical (unpaired) electrons. The van der Waals surface area contributed by atoms with Crippen molar-refractivity contribution in [3.8, 4) is 39.1 Å². The molecule has 10 rings (SSSR count). The minimum absolute atomic E-state index is 0.159. The van der Waals surface area contributed by atoms with Crippen LogP contribution in [0.1, 0.15) is 26.3 Å². The van der Waals surface area contributed by atoms with Crippen molar-refractivity contribution in [2.45, 2.75) is 26.2 Å². The first-order valence-corrected chi connectivity index (χ1v) is 15.9. The summed E-state index contributed by atoms with van der Waals surface area (Å²) in [6.45, 7) is 6.80. The van der Waals surface area contributed by atoms with Crippen LogP contribution in [0.4, 0.5) is 0 Å². The van der Waals surface area contributed by atoms with E-state index in [1.54, 1.807) is 0 Å². The SMILES string of the molecule is CC(C)(C)c1ccc(-c2ccc3cc4c(cc3c2)-c2cc3ccc(-n5c6cccc7ccc8cccc5c8c76)cc3cc2-4)cc1. The van der Waals surface area contributed by atoms with Gasteiger partial charge < -0.3 is 4.57 Å². The van der Waals surface area contributed by atoms with Gasteiger partial charge in [0.05, 0.1) is 11.0 Å². The minimum Gasteiger partial charge on any atom is -0.309 e. The molecular formula is C44H31N. The van der Waals surface area contributed by atoms with E-state index in [2.05, 4.69) is 159 Å².